The van der Waals surface area contributed by atoms with E-state index in [-0.39, 0.29) is 17.7 Å². The summed E-state index contributed by atoms with van der Waals surface area (Å²) in [5.41, 5.74) is 6.57. The minimum absolute atomic E-state index is 0.00562. The van der Waals surface area contributed by atoms with Gasteiger partial charge in [0.1, 0.15) is 0 Å². The van der Waals surface area contributed by atoms with Crippen molar-refractivity contribution in [2.24, 2.45) is 29.4 Å². The van der Waals surface area contributed by atoms with Gasteiger partial charge in [-0.15, -0.1) is 11.8 Å². The highest BCUT2D eigenvalue weighted by molar-refractivity contribution is 7.98. The molecule has 0 radical (unpaired) electrons. The highest BCUT2D eigenvalue weighted by Gasteiger charge is 2.35. The molecule has 4 N–H and O–H groups in total. The molecule has 3 unspecified atom stereocenters. The number of hydrogen-bond acceptors (Lipinski definition) is 4. The minimum atomic E-state index is -0.205. The molecule has 1 fully saturated rings. The van der Waals surface area contributed by atoms with Crippen LogP contribution in [0, 0.1) is 23.7 Å². The van der Waals surface area contributed by atoms with E-state index in [0.29, 0.717) is 42.1 Å². The Morgan fingerprint density at radius 2 is 2.04 bits per heavy atom. The first-order chi connectivity index (χ1) is 12.9. The van der Waals surface area contributed by atoms with Gasteiger partial charge in [0.05, 0.1) is 11.3 Å². The average Bonchev–Trinajstić information content (AvgIpc) is 2.65. The number of thioether (sulfide) groups is 1. The lowest BCUT2D eigenvalue weighted by molar-refractivity contribution is -0.123. The van der Waals surface area contributed by atoms with Crippen LogP contribution < -0.4 is 16.4 Å². The molecule has 0 aromatic heterocycles. The number of hydrogen-bond donors (Lipinski definition) is 3. The fourth-order valence-corrected chi connectivity index (χ4v) is 4.40. The van der Waals surface area contributed by atoms with Gasteiger partial charge < -0.3 is 16.4 Å². The van der Waals surface area contributed by atoms with Crippen molar-refractivity contribution >= 4 is 29.3 Å². The van der Waals surface area contributed by atoms with Gasteiger partial charge >= 0.3 is 0 Å². The molecule has 2 amide bonds. The molecule has 0 heterocycles. The molecule has 5 nitrogen and oxygen atoms in total. The normalized spacial score (nSPS) is 22.5. The number of benzene rings is 1. The second kappa shape index (κ2) is 10.1. The van der Waals surface area contributed by atoms with E-state index in [2.05, 4.69) is 31.4 Å². The Labute approximate surface area is 167 Å². The maximum atomic E-state index is 13.1. The zero-order valence-electron chi connectivity index (χ0n) is 16.9. The molecule has 1 saturated carbocycles. The van der Waals surface area contributed by atoms with Crippen LogP contribution in [0.2, 0.25) is 0 Å². The highest BCUT2D eigenvalue weighted by atomic mass is 32.2. The Balaban J connectivity index is 2.23. The molecule has 2 rings (SSSR count). The Bertz CT molecular complexity index is 663. The summed E-state index contributed by atoms with van der Waals surface area (Å²) in [6.07, 6.45) is 5.14. The van der Waals surface area contributed by atoms with E-state index in [4.69, 9.17) is 5.73 Å². The van der Waals surface area contributed by atoms with E-state index in [1.807, 2.05) is 24.5 Å². The first-order valence-corrected chi connectivity index (χ1v) is 11.1. The SMILES string of the molecule is CSc1ccc(NC(=O)C2CC(C)CCC2C(C)C)c(C(=O)NCCN)c1. The third-order valence-corrected chi connectivity index (χ3v) is 6.24. The molecule has 3 atom stereocenters. The van der Waals surface area contributed by atoms with Crippen LogP contribution in [0.15, 0.2) is 23.1 Å². The van der Waals surface area contributed by atoms with Crippen LogP contribution in [0.3, 0.4) is 0 Å². The Morgan fingerprint density at radius 1 is 1.30 bits per heavy atom. The molecular formula is C21H33N3O2S. The lowest BCUT2D eigenvalue weighted by atomic mass is 9.70. The molecule has 150 valence electrons. The lowest BCUT2D eigenvalue weighted by Crippen LogP contribution is -2.37. The van der Waals surface area contributed by atoms with Gasteiger partial charge in [0, 0.05) is 23.9 Å². The summed E-state index contributed by atoms with van der Waals surface area (Å²) < 4.78 is 0. The van der Waals surface area contributed by atoms with E-state index in [1.165, 1.54) is 6.42 Å². The molecular weight excluding hydrogens is 358 g/mol. The summed E-state index contributed by atoms with van der Waals surface area (Å²) in [4.78, 5) is 26.6. The van der Waals surface area contributed by atoms with Crippen LogP contribution in [0.25, 0.3) is 0 Å². The molecule has 0 aliphatic heterocycles. The quantitative estimate of drug-likeness (QED) is 0.618. The van der Waals surface area contributed by atoms with Crippen LogP contribution >= 0.6 is 11.8 Å². The summed E-state index contributed by atoms with van der Waals surface area (Å²) in [5.74, 6) is 1.24. The molecule has 0 saturated heterocycles. The van der Waals surface area contributed by atoms with Crippen LogP contribution in [0.5, 0.6) is 0 Å². The van der Waals surface area contributed by atoms with Gasteiger partial charge in [-0.2, -0.15) is 0 Å². The van der Waals surface area contributed by atoms with E-state index < -0.39 is 0 Å². The molecule has 1 aromatic carbocycles. The third kappa shape index (κ3) is 5.72. The van der Waals surface area contributed by atoms with Crippen LogP contribution in [-0.2, 0) is 4.79 Å². The first-order valence-electron chi connectivity index (χ1n) is 9.84. The average molecular weight is 392 g/mol. The summed E-state index contributed by atoms with van der Waals surface area (Å²) in [6.45, 7) is 7.40. The van der Waals surface area contributed by atoms with Crippen molar-refractivity contribution < 1.29 is 9.59 Å². The van der Waals surface area contributed by atoms with Gasteiger partial charge in [0.2, 0.25) is 5.91 Å². The number of nitrogens with one attached hydrogen (secondary N) is 2. The zero-order chi connectivity index (χ0) is 20.0. The van der Waals surface area contributed by atoms with Crippen molar-refractivity contribution in [2.75, 3.05) is 24.7 Å². The lowest BCUT2D eigenvalue weighted by Gasteiger charge is -2.36. The molecule has 1 aliphatic carbocycles. The highest BCUT2D eigenvalue weighted by Crippen LogP contribution is 2.38. The van der Waals surface area contributed by atoms with Crippen molar-refractivity contribution in [3.8, 4) is 0 Å². The zero-order valence-corrected chi connectivity index (χ0v) is 17.7. The smallest absolute Gasteiger partial charge is 0.253 e. The predicted octanol–water partition coefficient (Wildman–Crippen LogP) is 3.74. The van der Waals surface area contributed by atoms with Gasteiger partial charge in [-0.1, -0.05) is 27.2 Å². The van der Waals surface area contributed by atoms with Gasteiger partial charge in [-0.25, -0.2) is 0 Å². The van der Waals surface area contributed by atoms with Crippen molar-refractivity contribution in [2.45, 2.75) is 44.9 Å². The molecule has 0 bridgehead atoms. The molecule has 0 spiro atoms. The van der Waals surface area contributed by atoms with E-state index in [0.717, 1.165) is 17.7 Å². The summed E-state index contributed by atoms with van der Waals surface area (Å²) in [5, 5.41) is 5.86. The number of amides is 2. The Hall–Kier alpha value is -1.53. The van der Waals surface area contributed by atoms with E-state index in [9.17, 15) is 9.59 Å². The number of rotatable bonds is 7. The summed E-state index contributed by atoms with van der Waals surface area (Å²) in [6, 6.07) is 5.59. The Kier molecular flexibility index (Phi) is 8.17. The molecule has 1 aromatic rings. The van der Waals surface area contributed by atoms with E-state index >= 15 is 0 Å². The van der Waals surface area contributed by atoms with Gasteiger partial charge in [0.25, 0.3) is 5.91 Å². The standard InChI is InChI=1S/C21H33N3O2S/c1-13(2)16-7-5-14(3)11-17(16)21(26)24-19-8-6-15(27-4)12-18(19)20(25)23-10-9-22/h6,8,12-14,16-17H,5,7,9-11,22H2,1-4H3,(H,23,25)(H,24,26). The van der Waals surface area contributed by atoms with Crippen LogP contribution in [0.1, 0.15) is 50.4 Å². The fourth-order valence-electron chi connectivity index (χ4n) is 3.96. The molecule has 1 aliphatic rings. The number of nitrogens with two attached hydrogens (primary N) is 1. The van der Waals surface area contributed by atoms with Crippen molar-refractivity contribution in [1.82, 2.24) is 5.32 Å². The number of anilines is 1. The summed E-state index contributed by atoms with van der Waals surface area (Å²) in [7, 11) is 0. The topological polar surface area (TPSA) is 84.2 Å². The predicted molar refractivity (Wildman–Crippen MR) is 113 cm³/mol. The molecule has 27 heavy (non-hydrogen) atoms. The first kappa shape index (κ1) is 21.8. The third-order valence-electron chi connectivity index (χ3n) is 5.52. The van der Waals surface area contributed by atoms with Crippen molar-refractivity contribution in [1.29, 1.82) is 0 Å². The van der Waals surface area contributed by atoms with E-state index in [1.54, 1.807) is 11.8 Å². The maximum absolute atomic E-state index is 13.1. The second-order valence-electron chi connectivity index (χ2n) is 7.88. The fraction of sp³-hybridized carbons (Fsp3) is 0.619. The van der Waals surface area contributed by atoms with Crippen molar-refractivity contribution in [3.05, 3.63) is 23.8 Å². The second-order valence-corrected chi connectivity index (χ2v) is 8.76. The summed E-state index contributed by atoms with van der Waals surface area (Å²) >= 11 is 1.57. The number of carbonyl (C=O) groups excluding carboxylic acids is 2. The van der Waals surface area contributed by atoms with Gasteiger partial charge in [-0.05, 0) is 55.1 Å². The van der Waals surface area contributed by atoms with Crippen molar-refractivity contribution in [3.63, 3.8) is 0 Å². The van der Waals surface area contributed by atoms with Gasteiger partial charge in [-0.3, -0.25) is 9.59 Å². The van der Waals surface area contributed by atoms with Gasteiger partial charge in [0.15, 0.2) is 0 Å². The minimum Gasteiger partial charge on any atom is -0.351 e. The monoisotopic (exact) mass is 391 g/mol. The van der Waals surface area contributed by atoms with Crippen LogP contribution in [0.4, 0.5) is 5.69 Å². The van der Waals surface area contributed by atoms with Crippen LogP contribution in [-0.4, -0.2) is 31.2 Å². The Morgan fingerprint density at radius 3 is 2.67 bits per heavy atom. The molecule has 6 heteroatoms. The largest absolute Gasteiger partial charge is 0.351 e. The number of carbonyl (C=O) groups is 2. The maximum Gasteiger partial charge on any atom is 0.253 e.